The minimum atomic E-state index is -0.274. The van der Waals surface area contributed by atoms with E-state index in [1.54, 1.807) is 12.0 Å². The lowest BCUT2D eigenvalue weighted by molar-refractivity contribution is -0.128. The van der Waals surface area contributed by atoms with Gasteiger partial charge in [0.15, 0.2) is 0 Å². The summed E-state index contributed by atoms with van der Waals surface area (Å²) in [5.41, 5.74) is 0.744. The zero-order chi connectivity index (χ0) is 15.2. The average molecular weight is 355 g/mol. The van der Waals surface area contributed by atoms with E-state index in [2.05, 4.69) is 21.2 Å². The first-order valence-corrected chi connectivity index (χ1v) is 7.72. The largest absolute Gasteiger partial charge is 0.385 e. The number of benzene rings is 1. The number of carbonyl (C=O) groups excluding carboxylic acids is 2. The van der Waals surface area contributed by atoms with Crippen molar-refractivity contribution in [3.63, 3.8) is 0 Å². The Morgan fingerprint density at radius 3 is 2.81 bits per heavy atom. The molecule has 0 saturated carbocycles. The van der Waals surface area contributed by atoms with Gasteiger partial charge in [0, 0.05) is 43.4 Å². The summed E-state index contributed by atoms with van der Waals surface area (Å²) in [7, 11) is 1.64. The van der Waals surface area contributed by atoms with Gasteiger partial charge >= 0.3 is 0 Å². The standard InChI is InChI=1S/C15H19BrN2O3/c1-21-8-2-7-18-10-11(9-14(18)19)15(20)17-13-5-3-12(16)4-6-13/h3-6,11H,2,7-10H2,1H3,(H,17,20). The van der Waals surface area contributed by atoms with Crippen molar-refractivity contribution in [2.75, 3.05) is 32.1 Å². The Hall–Kier alpha value is -1.40. The maximum Gasteiger partial charge on any atom is 0.229 e. The molecule has 0 aliphatic carbocycles. The number of hydrogen-bond acceptors (Lipinski definition) is 3. The Morgan fingerprint density at radius 1 is 1.43 bits per heavy atom. The summed E-state index contributed by atoms with van der Waals surface area (Å²) in [5.74, 6) is -0.328. The van der Waals surface area contributed by atoms with E-state index in [4.69, 9.17) is 4.74 Å². The van der Waals surface area contributed by atoms with E-state index in [1.165, 1.54) is 0 Å². The topological polar surface area (TPSA) is 58.6 Å². The van der Waals surface area contributed by atoms with Crippen LogP contribution in [0, 0.1) is 5.92 Å². The van der Waals surface area contributed by atoms with Gasteiger partial charge in [0.1, 0.15) is 0 Å². The molecule has 6 heteroatoms. The lowest BCUT2D eigenvalue weighted by atomic mass is 10.1. The number of nitrogens with zero attached hydrogens (tertiary/aromatic N) is 1. The molecule has 1 aliphatic rings. The zero-order valence-electron chi connectivity index (χ0n) is 12.0. The molecule has 1 aromatic carbocycles. The van der Waals surface area contributed by atoms with Crippen LogP contribution in [-0.4, -0.2) is 43.5 Å². The van der Waals surface area contributed by atoms with Gasteiger partial charge < -0.3 is 15.0 Å². The SMILES string of the molecule is COCCCN1CC(C(=O)Nc2ccc(Br)cc2)CC1=O. The minimum absolute atomic E-state index is 0.0436. The molecule has 1 N–H and O–H groups in total. The molecular formula is C15H19BrN2O3. The maximum absolute atomic E-state index is 12.2. The Labute approximate surface area is 132 Å². The number of likely N-dealkylation sites (tertiary alicyclic amines) is 1. The first kappa shape index (κ1) is 16.0. The van der Waals surface area contributed by atoms with Crippen LogP contribution in [-0.2, 0) is 14.3 Å². The summed E-state index contributed by atoms with van der Waals surface area (Å²) in [6.07, 6.45) is 1.08. The van der Waals surface area contributed by atoms with E-state index in [-0.39, 0.29) is 24.2 Å². The number of amides is 2. The Morgan fingerprint density at radius 2 is 2.14 bits per heavy atom. The van der Waals surface area contributed by atoms with E-state index in [1.807, 2.05) is 24.3 Å². The molecule has 5 nitrogen and oxygen atoms in total. The highest BCUT2D eigenvalue weighted by atomic mass is 79.9. The predicted molar refractivity (Wildman–Crippen MR) is 84.0 cm³/mol. The second-order valence-corrected chi connectivity index (χ2v) is 6.00. The molecule has 0 bridgehead atoms. The van der Waals surface area contributed by atoms with Gasteiger partial charge in [0.2, 0.25) is 11.8 Å². The lowest BCUT2D eigenvalue weighted by Gasteiger charge is -2.16. The van der Waals surface area contributed by atoms with E-state index in [0.717, 1.165) is 16.6 Å². The monoisotopic (exact) mass is 354 g/mol. The van der Waals surface area contributed by atoms with Crippen molar-refractivity contribution >= 4 is 33.4 Å². The molecule has 2 amide bonds. The molecule has 2 rings (SSSR count). The molecule has 1 atom stereocenters. The highest BCUT2D eigenvalue weighted by Gasteiger charge is 2.33. The number of methoxy groups -OCH3 is 1. The van der Waals surface area contributed by atoms with Crippen LogP contribution < -0.4 is 5.32 Å². The van der Waals surface area contributed by atoms with Gasteiger partial charge in [-0.25, -0.2) is 0 Å². The fourth-order valence-electron chi connectivity index (χ4n) is 2.34. The summed E-state index contributed by atoms with van der Waals surface area (Å²) in [6, 6.07) is 7.39. The van der Waals surface area contributed by atoms with Gasteiger partial charge in [-0.05, 0) is 30.7 Å². The van der Waals surface area contributed by atoms with Gasteiger partial charge in [-0.15, -0.1) is 0 Å². The quantitative estimate of drug-likeness (QED) is 0.797. The van der Waals surface area contributed by atoms with Crippen LogP contribution in [0.25, 0.3) is 0 Å². The van der Waals surface area contributed by atoms with Gasteiger partial charge in [0.25, 0.3) is 0 Å². The highest BCUT2D eigenvalue weighted by Crippen LogP contribution is 2.21. The summed E-state index contributed by atoms with van der Waals surface area (Å²) >= 11 is 3.35. The third-order valence-electron chi connectivity index (χ3n) is 3.47. The predicted octanol–water partition coefficient (Wildman–Crippen LogP) is 2.27. The summed E-state index contributed by atoms with van der Waals surface area (Å²) in [4.78, 5) is 25.8. The van der Waals surface area contributed by atoms with E-state index in [0.29, 0.717) is 19.7 Å². The number of halogens is 1. The minimum Gasteiger partial charge on any atom is -0.385 e. The van der Waals surface area contributed by atoms with Crippen molar-refractivity contribution in [1.82, 2.24) is 4.90 Å². The van der Waals surface area contributed by atoms with E-state index in [9.17, 15) is 9.59 Å². The molecule has 1 aromatic rings. The molecule has 1 fully saturated rings. The summed E-state index contributed by atoms with van der Waals surface area (Å²) < 4.78 is 5.94. The van der Waals surface area contributed by atoms with Crippen LogP contribution in [0.15, 0.2) is 28.7 Å². The molecular weight excluding hydrogens is 336 g/mol. The third-order valence-corrected chi connectivity index (χ3v) is 4.00. The number of carbonyl (C=O) groups is 2. The molecule has 21 heavy (non-hydrogen) atoms. The van der Waals surface area contributed by atoms with E-state index < -0.39 is 0 Å². The maximum atomic E-state index is 12.2. The molecule has 1 saturated heterocycles. The second kappa shape index (κ2) is 7.56. The molecule has 1 unspecified atom stereocenters. The van der Waals surface area contributed by atoms with Gasteiger partial charge in [-0.3, -0.25) is 9.59 Å². The molecule has 1 heterocycles. The molecule has 1 aliphatic heterocycles. The Bertz CT molecular complexity index is 504. The third kappa shape index (κ3) is 4.54. The molecule has 0 spiro atoms. The van der Waals surface area contributed by atoms with Crippen molar-refractivity contribution < 1.29 is 14.3 Å². The highest BCUT2D eigenvalue weighted by molar-refractivity contribution is 9.10. The molecule has 0 aromatic heterocycles. The fourth-order valence-corrected chi connectivity index (χ4v) is 2.61. The van der Waals surface area contributed by atoms with Gasteiger partial charge in [-0.1, -0.05) is 15.9 Å². The van der Waals surface area contributed by atoms with E-state index >= 15 is 0 Å². The van der Waals surface area contributed by atoms with Crippen molar-refractivity contribution in [3.05, 3.63) is 28.7 Å². The first-order chi connectivity index (χ1) is 10.1. The number of hydrogen-bond donors (Lipinski definition) is 1. The van der Waals surface area contributed by atoms with Gasteiger partial charge in [-0.2, -0.15) is 0 Å². The van der Waals surface area contributed by atoms with Crippen LogP contribution in [0.1, 0.15) is 12.8 Å². The summed E-state index contributed by atoms with van der Waals surface area (Å²) in [6.45, 7) is 1.76. The van der Waals surface area contributed by atoms with Crippen molar-refractivity contribution in [2.45, 2.75) is 12.8 Å². The average Bonchev–Trinajstić information content (AvgIpc) is 2.83. The van der Waals surface area contributed by atoms with Crippen molar-refractivity contribution in [3.8, 4) is 0 Å². The van der Waals surface area contributed by atoms with Crippen LogP contribution >= 0.6 is 15.9 Å². The van der Waals surface area contributed by atoms with Crippen molar-refractivity contribution in [1.29, 1.82) is 0 Å². The van der Waals surface area contributed by atoms with Crippen LogP contribution in [0.2, 0.25) is 0 Å². The molecule has 114 valence electrons. The van der Waals surface area contributed by atoms with Crippen molar-refractivity contribution in [2.24, 2.45) is 5.92 Å². The van der Waals surface area contributed by atoms with Crippen LogP contribution in [0.4, 0.5) is 5.69 Å². The van der Waals surface area contributed by atoms with Crippen LogP contribution in [0.3, 0.4) is 0 Å². The lowest BCUT2D eigenvalue weighted by Crippen LogP contribution is -2.29. The fraction of sp³-hybridized carbons (Fsp3) is 0.467. The number of rotatable bonds is 6. The van der Waals surface area contributed by atoms with Gasteiger partial charge in [0.05, 0.1) is 5.92 Å². The number of nitrogens with one attached hydrogen (secondary N) is 1. The smallest absolute Gasteiger partial charge is 0.229 e. The summed E-state index contributed by atoms with van der Waals surface area (Å²) in [5, 5.41) is 2.86. The Balaban J connectivity index is 1.86. The molecule has 0 radical (unpaired) electrons. The second-order valence-electron chi connectivity index (χ2n) is 5.08. The Kier molecular flexibility index (Phi) is 5.76. The number of anilines is 1. The first-order valence-electron chi connectivity index (χ1n) is 6.93. The number of ether oxygens (including phenoxy) is 1. The normalized spacial score (nSPS) is 18.1. The van der Waals surface area contributed by atoms with Crippen LogP contribution in [0.5, 0.6) is 0 Å². The zero-order valence-corrected chi connectivity index (χ0v) is 13.6.